The Kier molecular flexibility index (Phi) is 4.02. The van der Waals surface area contributed by atoms with Gasteiger partial charge in [0, 0.05) is 10.8 Å². The molecule has 3 aromatic rings. The summed E-state index contributed by atoms with van der Waals surface area (Å²) in [5.74, 6) is 0.248. The van der Waals surface area contributed by atoms with Gasteiger partial charge in [0.25, 0.3) is 0 Å². The van der Waals surface area contributed by atoms with Crippen molar-refractivity contribution in [1.29, 1.82) is 0 Å². The number of carbonyl (C=O) groups excluding carboxylic acids is 1. The van der Waals surface area contributed by atoms with Crippen LogP contribution in [0, 0.1) is 0 Å². The topological polar surface area (TPSA) is 46.5 Å². The second-order valence-corrected chi connectivity index (χ2v) is 5.57. The van der Waals surface area contributed by atoms with Gasteiger partial charge >= 0.3 is 5.97 Å². The lowest BCUT2D eigenvalue weighted by atomic mass is 10.1. The summed E-state index contributed by atoms with van der Waals surface area (Å²) >= 11 is 1.41. The zero-order valence-corrected chi connectivity index (χ0v) is 12.8. The van der Waals surface area contributed by atoms with Gasteiger partial charge in [-0.15, -0.1) is 11.8 Å². The Hall–Kier alpha value is -2.46. The third kappa shape index (κ3) is 2.65. The van der Waals surface area contributed by atoms with Gasteiger partial charge in [-0.05, 0) is 24.5 Å². The van der Waals surface area contributed by atoms with Crippen LogP contribution in [0.2, 0.25) is 0 Å². The van der Waals surface area contributed by atoms with Crippen LogP contribution >= 0.6 is 11.8 Å². The highest BCUT2D eigenvalue weighted by atomic mass is 32.2. The molecule has 0 spiro atoms. The summed E-state index contributed by atoms with van der Waals surface area (Å²) in [4.78, 5) is 12.9. The van der Waals surface area contributed by atoms with Crippen LogP contribution in [0.25, 0.3) is 10.8 Å². The molecule has 0 fully saturated rings. The van der Waals surface area contributed by atoms with Gasteiger partial charge in [0.1, 0.15) is 11.5 Å². The molecule has 0 aromatic heterocycles. The van der Waals surface area contributed by atoms with Gasteiger partial charge < -0.3 is 9.84 Å². The fraction of sp³-hybridized carbons (Fsp3) is 0.0556. The summed E-state index contributed by atoms with van der Waals surface area (Å²) in [6.45, 7) is 0. The molecule has 0 bridgehead atoms. The molecule has 0 saturated heterocycles. The minimum absolute atomic E-state index is 0.211. The van der Waals surface area contributed by atoms with E-state index >= 15 is 0 Å². The van der Waals surface area contributed by atoms with E-state index in [2.05, 4.69) is 0 Å². The maximum absolute atomic E-state index is 12.3. The summed E-state index contributed by atoms with van der Waals surface area (Å²) in [6, 6.07) is 17.9. The molecule has 0 unspecified atom stereocenters. The zero-order chi connectivity index (χ0) is 15.5. The normalized spacial score (nSPS) is 10.6. The van der Waals surface area contributed by atoms with Gasteiger partial charge in [0.15, 0.2) is 0 Å². The molecular weight excluding hydrogens is 296 g/mol. The van der Waals surface area contributed by atoms with Gasteiger partial charge in [-0.1, -0.05) is 42.5 Å². The van der Waals surface area contributed by atoms with E-state index in [-0.39, 0.29) is 5.75 Å². The maximum Gasteiger partial charge on any atom is 0.343 e. The summed E-state index contributed by atoms with van der Waals surface area (Å²) in [5, 5.41) is 11.6. The van der Waals surface area contributed by atoms with Crippen LogP contribution in [0.4, 0.5) is 0 Å². The number of esters is 1. The average molecular weight is 310 g/mol. The highest BCUT2D eigenvalue weighted by Gasteiger charge is 2.15. The van der Waals surface area contributed by atoms with Crippen LogP contribution < -0.4 is 4.74 Å². The maximum atomic E-state index is 12.3. The van der Waals surface area contributed by atoms with Gasteiger partial charge in [0.05, 0.1) is 10.5 Å². The van der Waals surface area contributed by atoms with Gasteiger partial charge in [-0.3, -0.25) is 0 Å². The fourth-order valence-electron chi connectivity index (χ4n) is 2.28. The lowest BCUT2D eigenvalue weighted by Gasteiger charge is -2.12. The summed E-state index contributed by atoms with van der Waals surface area (Å²) in [6.07, 6.45) is 1.87. The molecule has 3 nitrogen and oxygen atoms in total. The number of hydrogen-bond acceptors (Lipinski definition) is 4. The van der Waals surface area contributed by atoms with E-state index in [9.17, 15) is 9.90 Å². The number of phenols is 1. The van der Waals surface area contributed by atoms with Crippen molar-refractivity contribution in [3.63, 3.8) is 0 Å². The number of carbonyl (C=O) groups is 1. The van der Waals surface area contributed by atoms with Gasteiger partial charge in [-0.25, -0.2) is 4.79 Å². The molecule has 1 N–H and O–H groups in total. The third-order valence-electron chi connectivity index (χ3n) is 3.38. The molecule has 0 aliphatic heterocycles. The molecule has 3 aromatic carbocycles. The van der Waals surface area contributed by atoms with E-state index in [1.807, 2.05) is 36.6 Å². The zero-order valence-electron chi connectivity index (χ0n) is 11.9. The Morgan fingerprint density at radius 2 is 1.64 bits per heavy atom. The lowest BCUT2D eigenvalue weighted by Crippen LogP contribution is -2.08. The first kappa shape index (κ1) is 14.5. The van der Waals surface area contributed by atoms with E-state index in [1.165, 1.54) is 11.8 Å². The van der Waals surface area contributed by atoms with Crippen LogP contribution in [0.3, 0.4) is 0 Å². The smallest absolute Gasteiger partial charge is 0.343 e. The second-order valence-electron chi connectivity index (χ2n) is 4.73. The molecule has 0 saturated carbocycles. The Morgan fingerprint density at radius 3 is 2.32 bits per heavy atom. The van der Waals surface area contributed by atoms with E-state index in [4.69, 9.17) is 4.74 Å². The Bertz CT molecular complexity index is 828. The predicted molar refractivity (Wildman–Crippen MR) is 88.8 cm³/mol. The Morgan fingerprint density at radius 1 is 1.00 bits per heavy atom. The van der Waals surface area contributed by atoms with Crippen LogP contribution in [0.15, 0.2) is 65.6 Å². The number of hydrogen-bond donors (Lipinski definition) is 1. The van der Waals surface area contributed by atoms with Gasteiger partial charge in [0.2, 0.25) is 0 Å². The van der Waals surface area contributed by atoms with Crippen LogP contribution in [-0.2, 0) is 0 Å². The first-order valence-electron chi connectivity index (χ1n) is 6.76. The molecule has 3 rings (SSSR count). The number of benzene rings is 3. The van der Waals surface area contributed by atoms with Crippen molar-refractivity contribution >= 4 is 28.5 Å². The minimum Gasteiger partial charge on any atom is -0.506 e. The van der Waals surface area contributed by atoms with Crippen molar-refractivity contribution in [3.8, 4) is 11.5 Å². The summed E-state index contributed by atoms with van der Waals surface area (Å²) in [7, 11) is 0. The van der Waals surface area contributed by atoms with Crippen molar-refractivity contribution in [2.24, 2.45) is 0 Å². The van der Waals surface area contributed by atoms with E-state index < -0.39 is 5.97 Å². The molecule has 0 atom stereocenters. The number of rotatable bonds is 3. The van der Waals surface area contributed by atoms with Crippen molar-refractivity contribution in [3.05, 3.63) is 66.2 Å². The molecule has 22 heavy (non-hydrogen) atoms. The Balaban J connectivity index is 2.07. The third-order valence-corrected chi connectivity index (χ3v) is 4.13. The quantitative estimate of drug-likeness (QED) is 0.440. The van der Waals surface area contributed by atoms with Crippen LogP contribution in [0.5, 0.6) is 11.5 Å². The monoisotopic (exact) mass is 310 g/mol. The molecule has 0 radical (unpaired) electrons. The lowest BCUT2D eigenvalue weighted by molar-refractivity contribution is 0.0736. The van der Waals surface area contributed by atoms with Crippen molar-refractivity contribution in [1.82, 2.24) is 0 Å². The number of aromatic hydroxyl groups is 1. The SMILES string of the molecule is CSc1cc(OC(=O)c2ccccc2)c2ccccc2c1O. The first-order valence-corrected chi connectivity index (χ1v) is 7.99. The molecule has 0 heterocycles. The summed E-state index contributed by atoms with van der Waals surface area (Å²) < 4.78 is 5.55. The molecule has 110 valence electrons. The molecular formula is C18H14O3S. The number of phenolic OH excluding ortho intramolecular Hbond substituents is 1. The highest BCUT2D eigenvalue weighted by Crippen LogP contribution is 2.40. The number of fused-ring (bicyclic) bond motifs is 1. The van der Waals surface area contributed by atoms with Crippen molar-refractivity contribution in [2.75, 3.05) is 6.26 Å². The molecule has 0 aliphatic carbocycles. The van der Waals surface area contributed by atoms with Gasteiger partial charge in [-0.2, -0.15) is 0 Å². The first-order chi connectivity index (χ1) is 10.7. The molecule has 4 heteroatoms. The highest BCUT2D eigenvalue weighted by molar-refractivity contribution is 7.98. The largest absolute Gasteiger partial charge is 0.506 e. The van der Waals surface area contributed by atoms with E-state index in [0.29, 0.717) is 27.0 Å². The van der Waals surface area contributed by atoms with Crippen molar-refractivity contribution in [2.45, 2.75) is 4.90 Å². The molecule has 0 amide bonds. The minimum atomic E-state index is -0.413. The van der Waals surface area contributed by atoms with Crippen LogP contribution in [-0.4, -0.2) is 17.3 Å². The van der Waals surface area contributed by atoms with E-state index in [0.717, 1.165) is 0 Å². The second kappa shape index (κ2) is 6.12. The molecule has 0 aliphatic rings. The Labute approximate surface area is 132 Å². The fourth-order valence-corrected chi connectivity index (χ4v) is 2.80. The number of ether oxygens (including phenoxy) is 1. The van der Waals surface area contributed by atoms with Crippen molar-refractivity contribution < 1.29 is 14.6 Å². The van der Waals surface area contributed by atoms with E-state index in [1.54, 1.807) is 30.3 Å². The predicted octanol–water partition coefficient (Wildman–Crippen LogP) is 4.49. The average Bonchev–Trinajstić information content (AvgIpc) is 2.58. The standard InChI is InChI=1S/C18H14O3S/c1-22-16-11-15(13-9-5-6-10-14(13)17(16)19)21-18(20)12-7-3-2-4-8-12/h2-11,19H,1H3. The summed E-state index contributed by atoms with van der Waals surface area (Å²) in [5.41, 5.74) is 0.491. The number of thioether (sulfide) groups is 1. The van der Waals surface area contributed by atoms with Crippen LogP contribution in [0.1, 0.15) is 10.4 Å².